The van der Waals surface area contributed by atoms with Crippen molar-refractivity contribution in [2.24, 2.45) is 17.1 Å². The third kappa shape index (κ3) is 5.32. The Morgan fingerprint density at radius 3 is 2.68 bits per heavy atom. The van der Waals surface area contributed by atoms with E-state index in [4.69, 9.17) is 15.2 Å². The SMILES string of the molecule is C[C@@H](O)[C@H]1C(=O)N2C(C(=O)O)=C(S/C=C\c3scnc3C(N)=O)C(C)(CCOC(=O)OC3CCCCC3)[C@H]12. The normalized spacial score (nSPS) is 26.3. The van der Waals surface area contributed by atoms with Gasteiger partial charge in [0, 0.05) is 10.3 Å². The number of amides is 2. The molecule has 1 aromatic heterocycles. The highest BCUT2D eigenvalue weighted by atomic mass is 32.2. The quantitative estimate of drug-likeness (QED) is 0.282. The number of ether oxygens (including phenoxy) is 2. The summed E-state index contributed by atoms with van der Waals surface area (Å²) in [5, 5.41) is 22.0. The Labute approximate surface area is 228 Å². The Kier molecular flexibility index (Phi) is 8.48. The number of thioether (sulfide) groups is 1. The molecular formula is C25H31N3O8S2. The van der Waals surface area contributed by atoms with E-state index < -0.39 is 47.4 Å². The van der Waals surface area contributed by atoms with Crippen LogP contribution in [0.3, 0.4) is 0 Å². The van der Waals surface area contributed by atoms with Crippen LogP contribution < -0.4 is 5.73 Å². The fourth-order valence-electron chi connectivity index (χ4n) is 5.50. The smallest absolute Gasteiger partial charge is 0.477 e. The summed E-state index contributed by atoms with van der Waals surface area (Å²) in [6, 6.07) is -0.625. The van der Waals surface area contributed by atoms with Gasteiger partial charge in [-0.25, -0.2) is 14.6 Å². The molecule has 3 aliphatic rings. The van der Waals surface area contributed by atoms with E-state index >= 15 is 0 Å². The minimum Gasteiger partial charge on any atom is -0.477 e. The summed E-state index contributed by atoms with van der Waals surface area (Å²) in [6.45, 7) is 3.24. The molecule has 0 radical (unpaired) electrons. The molecule has 206 valence electrons. The maximum absolute atomic E-state index is 12.9. The van der Waals surface area contributed by atoms with Crippen LogP contribution in [0.2, 0.25) is 0 Å². The monoisotopic (exact) mass is 565 g/mol. The highest BCUT2D eigenvalue weighted by Gasteiger charge is 2.66. The van der Waals surface area contributed by atoms with Gasteiger partial charge in [-0.3, -0.25) is 9.59 Å². The lowest BCUT2D eigenvalue weighted by Crippen LogP contribution is -2.66. The van der Waals surface area contributed by atoms with Gasteiger partial charge < -0.3 is 30.3 Å². The zero-order valence-electron chi connectivity index (χ0n) is 21.1. The van der Waals surface area contributed by atoms with Crippen LogP contribution in [0.1, 0.15) is 67.7 Å². The van der Waals surface area contributed by atoms with E-state index in [1.165, 1.54) is 28.7 Å². The first kappa shape index (κ1) is 28.1. The molecular weight excluding hydrogens is 534 g/mol. The van der Waals surface area contributed by atoms with Gasteiger partial charge in [0.25, 0.3) is 5.91 Å². The first-order chi connectivity index (χ1) is 18.1. The molecule has 1 unspecified atom stereocenters. The first-order valence-electron chi connectivity index (χ1n) is 12.4. The second kappa shape index (κ2) is 11.5. The molecule has 0 aromatic carbocycles. The van der Waals surface area contributed by atoms with E-state index in [0.717, 1.165) is 43.9 Å². The number of nitrogens with two attached hydrogens (primary N) is 1. The molecule has 2 amide bonds. The number of thiazole rings is 1. The summed E-state index contributed by atoms with van der Waals surface area (Å²) in [4.78, 5) is 55.2. The van der Waals surface area contributed by atoms with Crippen LogP contribution in [0, 0.1) is 11.3 Å². The maximum atomic E-state index is 12.9. The Balaban J connectivity index is 1.56. The highest BCUT2D eigenvalue weighted by Crippen LogP contribution is 2.59. The van der Waals surface area contributed by atoms with Gasteiger partial charge in [0.1, 0.15) is 17.5 Å². The summed E-state index contributed by atoms with van der Waals surface area (Å²) in [5.74, 6) is -3.23. The zero-order valence-corrected chi connectivity index (χ0v) is 22.8. The molecule has 2 aliphatic heterocycles. The molecule has 1 saturated heterocycles. The molecule has 2 fully saturated rings. The second-order valence-electron chi connectivity index (χ2n) is 9.90. The predicted molar refractivity (Wildman–Crippen MR) is 140 cm³/mol. The van der Waals surface area contributed by atoms with E-state index in [0.29, 0.717) is 9.78 Å². The van der Waals surface area contributed by atoms with E-state index in [1.54, 1.807) is 18.4 Å². The number of fused-ring (bicyclic) bond motifs is 1. The Hall–Kier alpha value is -2.90. The lowest BCUT2D eigenvalue weighted by atomic mass is 9.68. The molecule has 4 atom stereocenters. The van der Waals surface area contributed by atoms with Crippen molar-refractivity contribution >= 4 is 53.1 Å². The lowest BCUT2D eigenvalue weighted by molar-refractivity contribution is -0.167. The summed E-state index contributed by atoms with van der Waals surface area (Å²) >= 11 is 2.30. The van der Waals surface area contributed by atoms with E-state index in [-0.39, 0.29) is 30.5 Å². The molecule has 0 bridgehead atoms. The molecule has 11 nitrogen and oxygen atoms in total. The van der Waals surface area contributed by atoms with Crippen molar-refractivity contribution in [2.75, 3.05) is 6.61 Å². The number of aliphatic hydroxyl groups is 1. The van der Waals surface area contributed by atoms with Crippen LogP contribution >= 0.6 is 23.1 Å². The second-order valence-corrected chi connectivity index (χ2v) is 11.7. The Morgan fingerprint density at radius 1 is 1.34 bits per heavy atom. The summed E-state index contributed by atoms with van der Waals surface area (Å²) in [5.41, 5.74) is 5.83. The number of hydrogen-bond acceptors (Lipinski definition) is 10. The van der Waals surface area contributed by atoms with Gasteiger partial charge in [-0.2, -0.15) is 0 Å². The minimum atomic E-state index is -1.28. The predicted octanol–water partition coefficient (Wildman–Crippen LogP) is 3.35. The van der Waals surface area contributed by atoms with Gasteiger partial charge in [-0.05, 0) is 50.5 Å². The van der Waals surface area contributed by atoms with Crippen LogP contribution in [0.15, 0.2) is 21.5 Å². The highest BCUT2D eigenvalue weighted by molar-refractivity contribution is 8.06. The maximum Gasteiger partial charge on any atom is 0.508 e. The molecule has 38 heavy (non-hydrogen) atoms. The first-order valence-corrected chi connectivity index (χ1v) is 14.2. The average molecular weight is 566 g/mol. The van der Waals surface area contributed by atoms with Crippen molar-refractivity contribution in [2.45, 2.75) is 70.6 Å². The number of carboxylic acid groups (broad SMARTS) is 1. The van der Waals surface area contributed by atoms with E-state index in [1.807, 2.05) is 0 Å². The van der Waals surface area contributed by atoms with Gasteiger partial charge >= 0.3 is 12.1 Å². The third-order valence-corrected chi connectivity index (χ3v) is 9.34. The molecule has 0 spiro atoms. The molecule has 1 aliphatic carbocycles. The van der Waals surface area contributed by atoms with Crippen LogP contribution in [-0.4, -0.2) is 68.9 Å². The Morgan fingerprint density at radius 2 is 2.05 bits per heavy atom. The standard InChI is InChI=1S/C25H31N3O8S2/c1-13(29)16-19-25(2,9-10-35-24(34)36-14-6-4-3-5-7-14)20(18(23(32)33)28(19)22(16)31)37-11-8-15-17(21(26)30)27-12-38-15/h8,11-14,16,19,29H,3-7,9-10H2,1-2H3,(H2,26,30)(H,32,33)/b11-8-/t13-,16-,19+,25?/m1/s1. The minimum absolute atomic E-state index is 0.0611. The van der Waals surface area contributed by atoms with Crippen molar-refractivity contribution in [3.05, 3.63) is 32.1 Å². The molecule has 1 saturated carbocycles. The summed E-state index contributed by atoms with van der Waals surface area (Å²) in [6.07, 6.45) is 4.61. The fraction of sp³-hybridized carbons (Fsp3) is 0.560. The van der Waals surface area contributed by atoms with Crippen LogP contribution in [0.5, 0.6) is 0 Å². The molecule has 3 heterocycles. The average Bonchev–Trinajstić information content (AvgIpc) is 3.40. The van der Waals surface area contributed by atoms with Crippen molar-refractivity contribution < 1.29 is 38.9 Å². The summed E-state index contributed by atoms with van der Waals surface area (Å²) < 4.78 is 10.8. The number of carboxylic acids is 1. The van der Waals surface area contributed by atoms with Crippen LogP contribution in [0.25, 0.3) is 6.08 Å². The van der Waals surface area contributed by atoms with Crippen molar-refractivity contribution in [1.82, 2.24) is 9.88 Å². The van der Waals surface area contributed by atoms with Gasteiger partial charge in [0.2, 0.25) is 5.91 Å². The van der Waals surface area contributed by atoms with Gasteiger partial charge in [0.15, 0.2) is 0 Å². The number of carbonyl (C=O) groups excluding carboxylic acids is 3. The van der Waals surface area contributed by atoms with Crippen molar-refractivity contribution in [1.29, 1.82) is 0 Å². The van der Waals surface area contributed by atoms with Gasteiger partial charge in [0.05, 0.1) is 35.1 Å². The number of aromatic nitrogens is 1. The van der Waals surface area contributed by atoms with Gasteiger partial charge in [-0.15, -0.1) is 11.3 Å². The Bertz CT molecular complexity index is 1170. The molecule has 1 aromatic rings. The molecule has 4 N–H and O–H groups in total. The third-order valence-electron chi connectivity index (χ3n) is 7.38. The van der Waals surface area contributed by atoms with Gasteiger partial charge in [-0.1, -0.05) is 25.1 Å². The number of hydrogen-bond donors (Lipinski definition) is 3. The van der Waals surface area contributed by atoms with Crippen molar-refractivity contribution in [3.63, 3.8) is 0 Å². The van der Waals surface area contributed by atoms with Crippen molar-refractivity contribution in [3.8, 4) is 0 Å². The number of carbonyl (C=O) groups is 4. The van der Waals surface area contributed by atoms with Crippen LogP contribution in [-0.2, 0) is 19.1 Å². The zero-order chi connectivity index (χ0) is 27.6. The van der Waals surface area contributed by atoms with E-state index in [2.05, 4.69) is 4.98 Å². The number of rotatable bonds is 10. The molecule has 13 heteroatoms. The topological polar surface area (TPSA) is 169 Å². The number of aliphatic hydroxyl groups excluding tert-OH is 1. The summed E-state index contributed by atoms with van der Waals surface area (Å²) in [7, 11) is 0. The number of aliphatic carboxylic acids is 1. The fourth-order valence-corrected chi connectivity index (χ4v) is 7.40. The number of β-lactam (4-membered cyclic amide) rings is 1. The largest absolute Gasteiger partial charge is 0.508 e. The lowest BCUT2D eigenvalue weighted by Gasteiger charge is -2.50. The number of primary amides is 1. The van der Waals surface area contributed by atoms with E-state index in [9.17, 15) is 29.4 Å². The van der Waals surface area contributed by atoms with Crippen LogP contribution in [0.4, 0.5) is 4.79 Å². The molecule has 4 rings (SSSR count). The number of nitrogens with zero attached hydrogens (tertiary/aromatic N) is 2.